The highest BCUT2D eigenvalue weighted by Gasteiger charge is 2.26. The fourth-order valence-corrected chi connectivity index (χ4v) is 2.72. The van der Waals surface area contributed by atoms with Gasteiger partial charge in [-0.2, -0.15) is 5.10 Å². The summed E-state index contributed by atoms with van der Waals surface area (Å²) in [6.45, 7) is 2.90. The molecule has 1 heterocycles. The third-order valence-corrected chi connectivity index (χ3v) is 4.15. The topological polar surface area (TPSA) is 96.0 Å². The number of ketones is 1. The summed E-state index contributed by atoms with van der Waals surface area (Å²) in [4.78, 5) is 26.4. The van der Waals surface area contributed by atoms with Crippen LogP contribution in [0.5, 0.6) is 0 Å². The van der Waals surface area contributed by atoms with E-state index >= 15 is 0 Å². The van der Waals surface area contributed by atoms with Crippen molar-refractivity contribution >= 4 is 17.9 Å². The first-order valence-corrected chi connectivity index (χ1v) is 7.84. The molecule has 0 saturated carbocycles. The molecular weight excluding hydrogens is 294 g/mol. The van der Waals surface area contributed by atoms with E-state index in [1.54, 1.807) is 36.1 Å². The highest BCUT2D eigenvalue weighted by atomic mass is 16.3. The largest absolute Gasteiger partial charge is 0.393 e. The average molecular weight is 317 g/mol. The van der Waals surface area contributed by atoms with Gasteiger partial charge in [0.2, 0.25) is 5.91 Å². The van der Waals surface area contributed by atoms with Gasteiger partial charge in [0, 0.05) is 31.0 Å². The Hall–Kier alpha value is -2.21. The fourth-order valence-electron chi connectivity index (χ4n) is 2.72. The number of hydrogen-bond donors (Lipinski definition) is 2. The van der Waals surface area contributed by atoms with Gasteiger partial charge in [-0.15, -0.1) is 0 Å². The van der Waals surface area contributed by atoms with Crippen LogP contribution in [-0.2, 0) is 4.79 Å². The van der Waals surface area contributed by atoms with Crippen LogP contribution in [-0.4, -0.2) is 47.1 Å². The molecule has 0 bridgehead atoms. The molecule has 1 aromatic rings. The van der Waals surface area contributed by atoms with Gasteiger partial charge in [-0.25, -0.2) is 0 Å². The molecule has 2 rings (SSSR count). The molecule has 23 heavy (non-hydrogen) atoms. The number of hydrazone groups is 1. The molecule has 1 aliphatic rings. The van der Waals surface area contributed by atoms with Crippen molar-refractivity contribution in [1.29, 1.82) is 0 Å². The first kappa shape index (κ1) is 17.1. The van der Waals surface area contributed by atoms with Gasteiger partial charge in [0.15, 0.2) is 5.78 Å². The molecule has 1 saturated heterocycles. The van der Waals surface area contributed by atoms with E-state index in [9.17, 15) is 14.7 Å². The predicted molar refractivity (Wildman–Crippen MR) is 88.2 cm³/mol. The van der Waals surface area contributed by atoms with Crippen LogP contribution in [0, 0.1) is 5.92 Å². The van der Waals surface area contributed by atoms with Gasteiger partial charge in [0.1, 0.15) is 0 Å². The molecule has 0 aliphatic carbocycles. The van der Waals surface area contributed by atoms with Gasteiger partial charge in [0.05, 0.1) is 12.3 Å². The van der Waals surface area contributed by atoms with E-state index in [2.05, 4.69) is 5.10 Å². The van der Waals surface area contributed by atoms with Gasteiger partial charge in [-0.05, 0) is 18.4 Å². The Labute approximate surface area is 136 Å². The predicted octanol–water partition coefficient (Wildman–Crippen LogP) is 1.17. The number of Topliss-reactive ketones (excluding diaryl/α,β-unsaturated/α-hetero) is 1. The van der Waals surface area contributed by atoms with Crippen molar-refractivity contribution in [3.05, 3.63) is 35.4 Å². The molecule has 1 fully saturated rings. The van der Waals surface area contributed by atoms with Gasteiger partial charge < -0.3 is 15.8 Å². The standard InChI is InChI=1S/C17H23N3O3/c1-12(17(23)20-8-6-15(21)7-9-20)10-16(22)14-4-2-13(3-5-14)11-19-18/h2-5,11-12,15,21H,6-10,18H2,1H3. The molecule has 1 atom stereocenters. The second-order valence-corrected chi connectivity index (χ2v) is 5.98. The number of likely N-dealkylation sites (tertiary alicyclic amines) is 1. The Morgan fingerprint density at radius 1 is 1.35 bits per heavy atom. The first-order valence-electron chi connectivity index (χ1n) is 7.84. The highest BCUT2D eigenvalue weighted by Crippen LogP contribution is 2.17. The number of piperidine rings is 1. The fraction of sp³-hybridized carbons (Fsp3) is 0.471. The minimum absolute atomic E-state index is 0.0165. The summed E-state index contributed by atoms with van der Waals surface area (Å²) in [6.07, 6.45) is 2.59. The molecule has 3 N–H and O–H groups in total. The number of aliphatic hydroxyl groups is 1. The zero-order valence-corrected chi connectivity index (χ0v) is 13.3. The molecule has 0 aromatic heterocycles. The maximum atomic E-state index is 12.4. The summed E-state index contributed by atoms with van der Waals surface area (Å²) in [5, 5.41) is 12.9. The minimum atomic E-state index is -0.358. The number of carbonyl (C=O) groups is 2. The van der Waals surface area contributed by atoms with Crippen molar-refractivity contribution in [3.8, 4) is 0 Å². The van der Waals surface area contributed by atoms with Crippen LogP contribution < -0.4 is 5.84 Å². The van der Waals surface area contributed by atoms with Crippen LogP contribution in [0.2, 0.25) is 0 Å². The van der Waals surface area contributed by atoms with E-state index < -0.39 is 0 Å². The molecule has 6 nitrogen and oxygen atoms in total. The van der Waals surface area contributed by atoms with Crippen LogP contribution in [0.4, 0.5) is 0 Å². The van der Waals surface area contributed by atoms with Crippen LogP contribution >= 0.6 is 0 Å². The van der Waals surface area contributed by atoms with Crippen LogP contribution in [0.15, 0.2) is 29.4 Å². The Balaban J connectivity index is 1.92. The second-order valence-electron chi connectivity index (χ2n) is 5.98. The van der Waals surface area contributed by atoms with Gasteiger partial charge in [0.25, 0.3) is 0 Å². The second kappa shape index (κ2) is 7.87. The van der Waals surface area contributed by atoms with Crippen molar-refractivity contribution in [2.24, 2.45) is 16.9 Å². The molecule has 124 valence electrons. The number of aliphatic hydroxyl groups excluding tert-OH is 1. The summed E-state index contributed by atoms with van der Waals surface area (Å²) in [7, 11) is 0. The molecule has 1 aromatic carbocycles. The van der Waals surface area contributed by atoms with Crippen molar-refractivity contribution < 1.29 is 14.7 Å². The lowest BCUT2D eigenvalue weighted by Gasteiger charge is -2.31. The maximum absolute atomic E-state index is 12.4. The van der Waals surface area contributed by atoms with E-state index in [0.717, 1.165) is 5.56 Å². The first-order chi connectivity index (χ1) is 11.0. The molecule has 6 heteroatoms. The van der Waals surface area contributed by atoms with Crippen molar-refractivity contribution in [3.63, 3.8) is 0 Å². The van der Waals surface area contributed by atoms with Gasteiger partial charge >= 0.3 is 0 Å². The number of nitrogens with two attached hydrogens (primary N) is 1. The Kier molecular flexibility index (Phi) is 5.87. The Bertz CT molecular complexity index is 575. The SMILES string of the molecule is CC(CC(=O)c1ccc(C=NN)cc1)C(=O)N1CCC(O)CC1. The third-order valence-electron chi connectivity index (χ3n) is 4.15. The van der Waals surface area contributed by atoms with E-state index in [1.807, 2.05) is 0 Å². The van der Waals surface area contributed by atoms with E-state index in [4.69, 9.17) is 5.84 Å². The Morgan fingerprint density at radius 3 is 2.52 bits per heavy atom. The molecular formula is C17H23N3O3. The smallest absolute Gasteiger partial charge is 0.225 e. The summed E-state index contributed by atoms with van der Waals surface area (Å²) < 4.78 is 0. The summed E-state index contributed by atoms with van der Waals surface area (Å²) in [6, 6.07) is 6.96. The minimum Gasteiger partial charge on any atom is -0.393 e. The Morgan fingerprint density at radius 2 is 1.96 bits per heavy atom. The number of benzene rings is 1. The van der Waals surface area contributed by atoms with E-state index in [1.165, 1.54) is 6.21 Å². The van der Waals surface area contributed by atoms with E-state index in [-0.39, 0.29) is 30.1 Å². The molecule has 0 radical (unpaired) electrons. The molecule has 1 aliphatic heterocycles. The number of rotatable bonds is 5. The normalized spacial score (nSPS) is 17.4. The van der Waals surface area contributed by atoms with Gasteiger partial charge in [-0.3, -0.25) is 9.59 Å². The van der Waals surface area contributed by atoms with Crippen LogP contribution in [0.3, 0.4) is 0 Å². The molecule has 0 spiro atoms. The molecule has 1 amide bonds. The maximum Gasteiger partial charge on any atom is 0.225 e. The number of hydrogen-bond acceptors (Lipinski definition) is 5. The summed E-state index contributed by atoms with van der Waals surface area (Å²) in [5.74, 6) is 4.65. The van der Waals surface area contributed by atoms with Crippen molar-refractivity contribution in [2.45, 2.75) is 32.3 Å². The van der Waals surface area contributed by atoms with Gasteiger partial charge in [-0.1, -0.05) is 31.2 Å². The monoisotopic (exact) mass is 317 g/mol. The van der Waals surface area contributed by atoms with Crippen molar-refractivity contribution in [1.82, 2.24) is 4.90 Å². The summed E-state index contributed by atoms with van der Waals surface area (Å²) >= 11 is 0. The lowest BCUT2D eigenvalue weighted by Crippen LogP contribution is -2.42. The third kappa shape index (κ3) is 4.63. The van der Waals surface area contributed by atoms with E-state index in [0.29, 0.717) is 31.5 Å². The number of nitrogens with zero attached hydrogens (tertiary/aromatic N) is 2. The number of amides is 1. The average Bonchev–Trinajstić information content (AvgIpc) is 2.55. The molecule has 1 unspecified atom stereocenters. The van der Waals surface area contributed by atoms with Crippen LogP contribution in [0.1, 0.15) is 42.1 Å². The lowest BCUT2D eigenvalue weighted by molar-refractivity contribution is -0.136. The quantitative estimate of drug-likeness (QED) is 0.369. The number of carbonyl (C=O) groups excluding carboxylic acids is 2. The zero-order valence-electron chi connectivity index (χ0n) is 13.3. The zero-order chi connectivity index (χ0) is 16.8. The summed E-state index contributed by atoms with van der Waals surface area (Å²) in [5.41, 5.74) is 1.40. The van der Waals surface area contributed by atoms with Crippen molar-refractivity contribution in [2.75, 3.05) is 13.1 Å². The lowest BCUT2D eigenvalue weighted by atomic mass is 9.97. The highest BCUT2D eigenvalue weighted by molar-refractivity contribution is 5.99. The van der Waals surface area contributed by atoms with Crippen LogP contribution in [0.25, 0.3) is 0 Å².